The van der Waals surface area contributed by atoms with E-state index in [1.165, 1.54) is 58.3 Å². The van der Waals surface area contributed by atoms with Gasteiger partial charge in [0.2, 0.25) is 0 Å². The number of nitrogens with zero attached hydrogens (tertiary/aromatic N) is 1. The van der Waals surface area contributed by atoms with Crippen molar-refractivity contribution in [2.45, 2.75) is 52.0 Å². The van der Waals surface area contributed by atoms with E-state index < -0.39 is 0 Å². The summed E-state index contributed by atoms with van der Waals surface area (Å²) >= 11 is 0. The molecule has 0 aromatic rings. The number of rotatable bonds is 2. The Hall–Kier alpha value is -0.0800. The first-order valence-electron chi connectivity index (χ1n) is 7.22. The lowest BCUT2D eigenvalue weighted by Gasteiger charge is -2.34. The van der Waals surface area contributed by atoms with Gasteiger partial charge in [0, 0.05) is 12.6 Å². The Kier molecular flexibility index (Phi) is 4.66. The van der Waals surface area contributed by atoms with Gasteiger partial charge in [-0.05, 0) is 63.6 Å². The highest BCUT2D eigenvalue weighted by atomic mass is 15.2. The molecule has 1 N–H and O–H groups in total. The fourth-order valence-corrected chi connectivity index (χ4v) is 3.32. The van der Waals surface area contributed by atoms with Crippen molar-refractivity contribution in [2.75, 3.05) is 26.2 Å². The van der Waals surface area contributed by atoms with Crippen molar-refractivity contribution in [3.8, 4) is 0 Å². The Morgan fingerprint density at radius 3 is 2.62 bits per heavy atom. The van der Waals surface area contributed by atoms with E-state index in [-0.39, 0.29) is 0 Å². The molecule has 2 unspecified atom stereocenters. The number of nitrogens with one attached hydrogen (secondary N) is 1. The number of piperidine rings is 1. The van der Waals surface area contributed by atoms with Crippen LogP contribution in [0.15, 0.2) is 0 Å². The third-order valence-corrected chi connectivity index (χ3v) is 4.54. The van der Waals surface area contributed by atoms with Gasteiger partial charge in [-0.1, -0.05) is 13.8 Å². The summed E-state index contributed by atoms with van der Waals surface area (Å²) in [6.45, 7) is 9.93. The molecule has 2 atom stereocenters. The van der Waals surface area contributed by atoms with Crippen LogP contribution in [-0.2, 0) is 0 Å². The molecule has 0 amide bonds. The van der Waals surface area contributed by atoms with Gasteiger partial charge >= 0.3 is 0 Å². The Balaban J connectivity index is 1.83. The van der Waals surface area contributed by atoms with Gasteiger partial charge in [0.05, 0.1) is 0 Å². The third kappa shape index (κ3) is 3.21. The van der Waals surface area contributed by atoms with Crippen molar-refractivity contribution in [1.29, 1.82) is 0 Å². The first-order valence-corrected chi connectivity index (χ1v) is 7.22. The first kappa shape index (κ1) is 12.4. The average molecular weight is 224 g/mol. The van der Waals surface area contributed by atoms with Crippen molar-refractivity contribution in [3.05, 3.63) is 0 Å². The van der Waals surface area contributed by atoms with Crippen molar-refractivity contribution in [1.82, 2.24) is 10.2 Å². The van der Waals surface area contributed by atoms with Crippen LogP contribution < -0.4 is 5.32 Å². The van der Waals surface area contributed by atoms with Gasteiger partial charge in [-0.25, -0.2) is 0 Å². The minimum Gasteiger partial charge on any atom is -0.315 e. The Morgan fingerprint density at radius 2 is 1.94 bits per heavy atom. The fourth-order valence-electron chi connectivity index (χ4n) is 3.32. The summed E-state index contributed by atoms with van der Waals surface area (Å²) in [6.07, 6.45) is 7.08. The summed E-state index contributed by atoms with van der Waals surface area (Å²) in [5, 5.41) is 3.54. The maximum absolute atomic E-state index is 3.54. The summed E-state index contributed by atoms with van der Waals surface area (Å²) < 4.78 is 0. The molecule has 2 aliphatic rings. The van der Waals surface area contributed by atoms with E-state index in [2.05, 4.69) is 24.1 Å². The molecule has 2 fully saturated rings. The minimum absolute atomic E-state index is 0.833. The van der Waals surface area contributed by atoms with Gasteiger partial charge in [0.25, 0.3) is 0 Å². The molecule has 2 heterocycles. The topological polar surface area (TPSA) is 15.3 Å². The van der Waals surface area contributed by atoms with E-state index in [1.54, 1.807) is 0 Å². The summed E-state index contributed by atoms with van der Waals surface area (Å²) in [6, 6.07) is 0.833. The van der Waals surface area contributed by atoms with Gasteiger partial charge < -0.3 is 5.32 Å². The Labute approximate surface area is 101 Å². The van der Waals surface area contributed by atoms with Crippen LogP contribution in [0.2, 0.25) is 0 Å². The van der Waals surface area contributed by atoms with Gasteiger partial charge in [-0.2, -0.15) is 0 Å². The van der Waals surface area contributed by atoms with Crippen LogP contribution in [0.4, 0.5) is 0 Å². The zero-order chi connectivity index (χ0) is 11.4. The fraction of sp³-hybridized carbons (Fsp3) is 1.00. The second-order valence-electron chi connectivity index (χ2n) is 5.97. The molecule has 0 radical (unpaired) electrons. The number of likely N-dealkylation sites (tertiary alicyclic amines) is 1. The quantitative estimate of drug-likeness (QED) is 0.775. The summed E-state index contributed by atoms with van der Waals surface area (Å²) in [5.74, 6) is 1.85. The molecular weight excluding hydrogens is 196 g/mol. The predicted octanol–water partition coefficient (Wildman–Crippen LogP) is 2.50. The minimum atomic E-state index is 0.833. The maximum atomic E-state index is 3.54. The molecular formula is C14H28N2. The summed E-state index contributed by atoms with van der Waals surface area (Å²) in [4.78, 5) is 2.76. The molecule has 2 aliphatic heterocycles. The number of hydrogen-bond acceptors (Lipinski definition) is 2. The van der Waals surface area contributed by atoms with Crippen LogP contribution in [0.1, 0.15) is 46.0 Å². The van der Waals surface area contributed by atoms with Crippen LogP contribution >= 0.6 is 0 Å². The molecule has 16 heavy (non-hydrogen) atoms. The molecule has 2 rings (SSSR count). The molecule has 2 saturated heterocycles. The highest BCUT2D eigenvalue weighted by molar-refractivity contribution is 4.81. The average Bonchev–Trinajstić information content (AvgIpc) is 2.55. The van der Waals surface area contributed by atoms with Gasteiger partial charge in [-0.15, -0.1) is 0 Å². The van der Waals surface area contributed by atoms with E-state index in [0.717, 1.165) is 17.9 Å². The van der Waals surface area contributed by atoms with E-state index in [1.807, 2.05) is 0 Å². The van der Waals surface area contributed by atoms with Crippen molar-refractivity contribution in [3.63, 3.8) is 0 Å². The van der Waals surface area contributed by atoms with E-state index in [0.29, 0.717) is 0 Å². The van der Waals surface area contributed by atoms with Gasteiger partial charge in [-0.3, -0.25) is 4.90 Å². The lowest BCUT2D eigenvalue weighted by molar-refractivity contribution is 0.168. The largest absolute Gasteiger partial charge is 0.315 e. The highest BCUT2D eigenvalue weighted by Gasteiger charge is 2.25. The molecule has 2 nitrogen and oxygen atoms in total. The van der Waals surface area contributed by atoms with Gasteiger partial charge in [0.1, 0.15) is 0 Å². The molecule has 2 heteroatoms. The predicted molar refractivity (Wildman–Crippen MR) is 69.6 cm³/mol. The van der Waals surface area contributed by atoms with Crippen LogP contribution in [0, 0.1) is 11.8 Å². The lowest BCUT2D eigenvalue weighted by Crippen LogP contribution is -2.46. The summed E-state index contributed by atoms with van der Waals surface area (Å²) in [5.41, 5.74) is 0. The van der Waals surface area contributed by atoms with Crippen LogP contribution in [-0.4, -0.2) is 37.1 Å². The molecule has 0 aromatic carbocycles. The van der Waals surface area contributed by atoms with Crippen molar-refractivity contribution in [2.24, 2.45) is 11.8 Å². The van der Waals surface area contributed by atoms with Crippen LogP contribution in [0.25, 0.3) is 0 Å². The van der Waals surface area contributed by atoms with Crippen molar-refractivity contribution < 1.29 is 0 Å². The highest BCUT2D eigenvalue weighted by Crippen LogP contribution is 2.26. The van der Waals surface area contributed by atoms with Crippen LogP contribution in [0.5, 0.6) is 0 Å². The Bertz CT molecular complexity index is 197. The SMILES string of the molecule is CC(C)C1CCCN(C2CCCNC2)CC1. The van der Waals surface area contributed by atoms with Crippen molar-refractivity contribution >= 4 is 0 Å². The van der Waals surface area contributed by atoms with E-state index in [9.17, 15) is 0 Å². The third-order valence-electron chi connectivity index (χ3n) is 4.54. The molecule has 0 saturated carbocycles. The summed E-state index contributed by atoms with van der Waals surface area (Å²) in [7, 11) is 0. The zero-order valence-electron chi connectivity index (χ0n) is 11.0. The second-order valence-corrected chi connectivity index (χ2v) is 5.97. The smallest absolute Gasteiger partial charge is 0.0221 e. The Morgan fingerprint density at radius 1 is 1.06 bits per heavy atom. The molecule has 0 bridgehead atoms. The van der Waals surface area contributed by atoms with E-state index >= 15 is 0 Å². The normalized spacial score (nSPS) is 33.9. The molecule has 0 aliphatic carbocycles. The zero-order valence-corrected chi connectivity index (χ0v) is 11.0. The lowest BCUT2D eigenvalue weighted by atomic mass is 9.89. The van der Waals surface area contributed by atoms with Gasteiger partial charge in [0.15, 0.2) is 0 Å². The van der Waals surface area contributed by atoms with E-state index in [4.69, 9.17) is 0 Å². The standard InChI is InChI=1S/C14H28N2/c1-12(2)13-5-4-9-16(10-7-13)14-6-3-8-15-11-14/h12-15H,3-11H2,1-2H3. The maximum Gasteiger partial charge on any atom is 0.0221 e. The monoisotopic (exact) mass is 224 g/mol. The first-order chi connectivity index (χ1) is 7.77. The molecule has 94 valence electrons. The number of hydrogen-bond donors (Lipinski definition) is 1. The van der Waals surface area contributed by atoms with Crippen LogP contribution in [0.3, 0.4) is 0 Å². The molecule has 0 spiro atoms. The second kappa shape index (κ2) is 6.02. The molecule has 0 aromatic heterocycles.